The SMILES string of the molecule is CC(C)(CNC1CCCCCC1O)S(C)(=O)=O. The second-order valence-corrected chi connectivity index (χ2v) is 8.37. The maximum Gasteiger partial charge on any atom is 0.153 e. The number of nitrogens with one attached hydrogen (secondary N) is 1. The molecule has 0 radical (unpaired) electrons. The van der Waals surface area contributed by atoms with E-state index in [9.17, 15) is 13.5 Å². The molecule has 0 amide bonds. The van der Waals surface area contributed by atoms with Crippen molar-refractivity contribution in [1.29, 1.82) is 0 Å². The zero-order valence-corrected chi connectivity index (χ0v) is 11.9. The standard InChI is InChI=1S/C12H25NO3S/c1-12(2,17(3,15)16)9-13-10-7-5-4-6-8-11(10)14/h10-11,13-14H,4-9H2,1-3H3. The van der Waals surface area contributed by atoms with Crippen LogP contribution in [0.2, 0.25) is 0 Å². The molecular weight excluding hydrogens is 238 g/mol. The third kappa shape index (κ3) is 4.23. The molecule has 5 heteroatoms. The van der Waals surface area contributed by atoms with E-state index in [-0.39, 0.29) is 12.1 Å². The zero-order valence-electron chi connectivity index (χ0n) is 11.1. The topological polar surface area (TPSA) is 66.4 Å². The van der Waals surface area contributed by atoms with Gasteiger partial charge in [0.05, 0.1) is 10.9 Å². The average Bonchev–Trinajstić information content (AvgIpc) is 2.38. The van der Waals surface area contributed by atoms with E-state index in [4.69, 9.17) is 0 Å². The molecule has 1 fully saturated rings. The van der Waals surface area contributed by atoms with Crippen LogP contribution in [0.4, 0.5) is 0 Å². The molecule has 2 unspecified atom stereocenters. The van der Waals surface area contributed by atoms with Gasteiger partial charge in [0, 0.05) is 18.8 Å². The third-order valence-electron chi connectivity index (χ3n) is 3.77. The van der Waals surface area contributed by atoms with Gasteiger partial charge in [-0.25, -0.2) is 8.42 Å². The molecule has 0 spiro atoms. The van der Waals surface area contributed by atoms with Crippen molar-refractivity contribution in [2.45, 2.75) is 62.8 Å². The van der Waals surface area contributed by atoms with Gasteiger partial charge in [-0.15, -0.1) is 0 Å². The smallest absolute Gasteiger partial charge is 0.153 e. The van der Waals surface area contributed by atoms with Crippen molar-refractivity contribution in [2.24, 2.45) is 0 Å². The number of hydrogen-bond donors (Lipinski definition) is 2. The molecule has 0 aromatic heterocycles. The first-order chi connectivity index (χ1) is 7.74. The van der Waals surface area contributed by atoms with Crippen LogP contribution in [-0.2, 0) is 9.84 Å². The first-order valence-electron chi connectivity index (χ1n) is 6.35. The minimum Gasteiger partial charge on any atom is -0.392 e. The first-order valence-corrected chi connectivity index (χ1v) is 8.24. The van der Waals surface area contributed by atoms with Crippen LogP contribution in [-0.4, -0.2) is 43.2 Å². The van der Waals surface area contributed by atoms with Gasteiger partial charge in [-0.2, -0.15) is 0 Å². The number of sulfone groups is 1. The van der Waals surface area contributed by atoms with Crippen molar-refractivity contribution < 1.29 is 13.5 Å². The van der Waals surface area contributed by atoms with Crippen LogP contribution >= 0.6 is 0 Å². The first kappa shape index (κ1) is 14.9. The lowest BCUT2D eigenvalue weighted by Gasteiger charge is -2.28. The third-order valence-corrected chi connectivity index (χ3v) is 5.93. The van der Waals surface area contributed by atoms with Crippen molar-refractivity contribution in [3.8, 4) is 0 Å². The summed E-state index contributed by atoms with van der Waals surface area (Å²) >= 11 is 0. The highest BCUT2D eigenvalue weighted by Crippen LogP contribution is 2.20. The van der Waals surface area contributed by atoms with Gasteiger partial charge < -0.3 is 10.4 Å². The van der Waals surface area contributed by atoms with E-state index in [1.165, 1.54) is 6.26 Å². The van der Waals surface area contributed by atoms with Crippen LogP contribution in [0.1, 0.15) is 46.0 Å². The van der Waals surface area contributed by atoms with Crippen molar-refractivity contribution >= 4 is 9.84 Å². The van der Waals surface area contributed by atoms with Gasteiger partial charge in [0.25, 0.3) is 0 Å². The average molecular weight is 263 g/mol. The number of hydrogen-bond acceptors (Lipinski definition) is 4. The van der Waals surface area contributed by atoms with Crippen LogP contribution in [0.25, 0.3) is 0 Å². The maximum atomic E-state index is 11.6. The highest BCUT2D eigenvalue weighted by molar-refractivity contribution is 7.92. The molecule has 102 valence electrons. The molecule has 0 aliphatic heterocycles. The molecule has 2 N–H and O–H groups in total. The highest BCUT2D eigenvalue weighted by atomic mass is 32.2. The molecule has 1 aliphatic carbocycles. The molecule has 0 heterocycles. The second kappa shape index (κ2) is 5.67. The summed E-state index contributed by atoms with van der Waals surface area (Å²) in [5.74, 6) is 0. The van der Waals surface area contributed by atoms with Crippen LogP contribution < -0.4 is 5.32 Å². The minimum atomic E-state index is -3.07. The molecule has 0 saturated heterocycles. The summed E-state index contributed by atoms with van der Waals surface area (Å²) in [7, 11) is -3.07. The van der Waals surface area contributed by atoms with Crippen LogP contribution in [0.15, 0.2) is 0 Å². The van der Waals surface area contributed by atoms with E-state index < -0.39 is 14.6 Å². The lowest BCUT2D eigenvalue weighted by Crippen LogP contribution is -2.48. The van der Waals surface area contributed by atoms with Gasteiger partial charge in [-0.3, -0.25) is 0 Å². The van der Waals surface area contributed by atoms with Crippen molar-refractivity contribution in [3.05, 3.63) is 0 Å². The Bertz CT molecular complexity index is 338. The van der Waals surface area contributed by atoms with Gasteiger partial charge in [0.15, 0.2) is 9.84 Å². The molecule has 2 atom stereocenters. The summed E-state index contributed by atoms with van der Waals surface area (Å²) in [5, 5.41) is 13.2. The van der Waals surface area contributed by atoms with Gasteiger partial charge in [0.1, 0.15) is 0 Å². The van der Waals surface area contributed by atoms with Crippen molar-refractivity contribution in [1.82, 2.24) is 5.32 Å². The van der Waals surface area contributed by atoms with E-state index >= 15 is 0 Å². The monoisotopic (exact) mass is 263 g/mol. The summed E-state index contributed by atoms with van der Waals surface area (Å²) in [4.78, 5) is 0. The van der Waals surface area contributed by atoms with Gasteiger partial charge in [-0.1, -0.05) is 19.3 Å². The molecule has 1 rings (SSSR count). The maximum absolute atomic E-state index is 11.6. The molecule has 0 bridgehead atoms. The van der Waals surface area contributed by atoms with Gasteiger partial charge in [-0.05, 0) is 26.7 Å². The summed E-state index contributed by atoms with van der Waals surface area (Å²) in [6, 6.07) is 0.0403. The molecule has 1 aliphatic rings. The predicted molar refractivity (Wildman–Crippen MR) is 69.8 cm³/mol. The van der Waals surface area contributed by atoms with Gasteiger partial charge in [0.2, 0.25) is 0 Å². The summed E-state index contributed by atoms with van der Waals surface area (Å²) in [6.07, 6.45) is 6.00. The molecular formula is C12H25NO3S. The lowest BCUT2D eigenvalue weighted by atomic mass is 10.1. The molecule has 0 aromatic rings. The normalized spacial score (nSPS) is 27.8. The quantitative estimate of drug-likeness (QED) is 0.745. The largest absolute Gasteiger partial charge is 0.392 e. The van der Waals surface area contributed by atoms with Gasteiger partial charge >= 0.3 is 0 Å². The molecule has 4 nitrogen and oxygen atoms in total. The predicted octanol–water partition coefficient (Wildman–Crippen LogP) is 1.09. The van der Waals surface area contributed by atoms with Crippen LogP contribution in [0.3, 0.4) is 0 Å². The Morgan fingerprint density at radius 2 is 1.82 bits per heavy atom. The van der Waals surface area contributed by atoms with E-state index in [0.29, 0.717) is 6.54 Å². The Balaban J connectivity index is 2.54. The number of aliphatic hydroxyl groups excluding tert-OH is 1. The zero-order chi connectivity index (χ0) is 13.1. The van der Waals surface area contributed by atoms with Crippen molar-refractivity contribution in [3.63, 3.8) is 0 Å². The number of aliphatic hydroxyl groups is 1. The Morgan fingerprint density at radius 1 is 1.24 bits per heavy atom. The molecule has 0 aromatic carbocycles. The second-order valence-electron chi connectivity index (χ2n) is 5.72. The van der Waals surface area contributed by atoms with E-state index in [1.807, 2.05) is 0 Å². The Hall–Kier alpha value is -0.130. The minimum absolute atomic E-state index is 0.0403. The summed E-state index contributed by atoms with van der Waals surface area (Å²) in [5.41, 5.74) is 0. The fraction of sp³-hybridized carbons (Fsp3) is 1.00. The summed E-state index contributed by atoms with van der Waals surface area (Å²) in [6.45, 7) is 3.84. The van der Waals surface area contributed by atoms with Crippen LogP contribution in [0.5, 0.6) is 0 Å². The van der Waals surface area contributed by atoms with Crippen LogP contribution in [0, 0.1) is 0 Å². The summed E-state index contributed by atoms with van der Waals surface area (Å²) < 4.78 is 22.4. The molecule has 1 saturated carbocycles. The fourth-order valence-electron chi connectivity index (χ4n) is 2.03. The van der Waals surface area contributed by atoms with Crippen molar-refractivity contribution in [2.75, 3.05) is 12.8 Å². The molecule has 17 heavy (non-hydrogen) atoms. The number of rotatable bonds is 4. The van der Waals surface area contributed by atoms with E-state index in [1.54, 1.807) is 13.8 Å². The highest BCUT2D eigenvalue weighted by Gasteiger charge is 2.32. The van der Waals surface area contributed by atoms with E-state index in [2.05, 4.69) is 5.32 Å². The Morgan fingerprint density at radius 3 is 2.41 bits per heavy atom. The lowest BCUT2D eigenvalue weighted by molar-refractivity contribution is 0.119. The Labute approximate surface area is 105 Å². The van der Waals surface area contributed by atoms with E-state index in [0.717, 1.165) is 32.1 Å². The fourth-order valence-corrected chi connectivity index (χ4v) is 2.38. The Kier molecular flexibility index (Phi) is 4.98.